The molecular formula is C42H53N5O9S. The van der Waals surface area contributed by atoms with Gasteiger partial charge in [-0.25, -0.2) is 22.7 Å². The zero-order valence-electron chi connectivity index (χ0n) is 32.5. The molecule has 3 heterocycles. The normalized spacial score (nSPS) is 27.3. The van der Waals surface area contributed by atoms with Crippen molar-refractivity contribution in [3.8, 4) is 5.75 Å². The number of para-hydroxylation sites is 1. The van der Waals surface area contributed by atoms with Gasteiger partial charge in [0, 0.05) is 31.1 Å². The lowest BCUT2D eigenvalue weighted by atomic mass is 10.0. The Morgan fingerprint density at radius 2 is 1.67 bits per heavy atom. The van der Waals surface area contributed by atoms with Crippen molar-refractivity contribution in [1.82, 2.24) is 25.2 Å². The summed E-state index contributed by atoms with van der Waals surface area (Å²) in [5.41, 5.74) is 1.14. The molecule has 4 amide bonds. The van der Waals surface area contributed by atoms with E-state index in [0.29, 0.717) is 31.6 Å². The highest BCUT2D eigenvalue weighted by Gasteiger charge is 2.61. The van der Waals surface area contributed by atoms with Gasteiger partial charge in [-0.15, -0.1) is 0 Å². The molecular weight excluding hydrogens is 751 g/mol. The monoisotopic (exact) mass is 803 g/mol. The zero-order valence-corrected chi connectivity index (χ0v) is 33.3. The number of carbonyl (C=O) groups excluding carboxylic acids is 4. The van der Waals surface area contributed by atoms with Gasteiger partial charge in [-0.05, 0) is 81.0 Å². The molecule has 1 saturated heterocycles. The molecule has 0 bridgehead atoms. The van der Waals surface area contributed by atoms with Crippen LogP contribution in [0.15, 0.2) is 77.9 Å². The first-order valence-corrected chi connectivity index (χ1v) is 21.6. The minimum Gasteiger partial charge on any atom is -0.495 e. The van der Waals surface area contributed by atoms with Gasteiger partial charge in [0.2, 0.25) is 5.91 Å². The number of amides is 4. The maximum atomic E-state index is 14.6. The molecule has 7 rings (SSSR count). The Morgan fingerprint density at radius 1 is 0.930 bits per heavy atom. The quantitative estimate of drug-likeness (QED) is 0.321. The Labute approximate surface area is 334 Å². The number of rotatable bonds is 7. The number of sulfonamides is 1. The van der Waals surface area contributed by atoms with Crippen molar-refractivity contribution >= 4 is 34.0 Å². The molecule has 14 nitrogen and oxygen atoms in total. The van der Waals surface area contributed by atoms with Gasteiger partial charge in [0.05, 0.1) is 19.7 Å². The predicted octanol–water partition coefficient (Wildman–Crippen LogP) is 5.08. The summed E-state index contributed by atoms with van der Waals surface area (Å²) in [5.74, 6) is -1.82. The van der Waals surface area contributed by atoms with Crippen LogP contribution >= 0.6 is 0 Å². The Bertz CT molecular complexity index is 2000. The van der Waals surface area contributed by atoms with Crippen LogP contribution in [0.2, 0.25) is 0 Å². The highest BCUT2D eigenvalue weighted by atomic mass is 32.2. The van der Waals surface area contributed by atoms with E-state index in [-0.39, 0.29) is 36.1 Å². The Morgan fingerprint density at radius 3 is 2.46 bits per heavy atom. The first kappa shape index (κ1) is 40.2. The van der Waals surface area contributed by atoms with E-state index in [4.69, 9.17) is 14.2 Å². The van der Waals surface area contributed by atoms with Crippen LogP contribution < -0.4 is 20.1 Å². The molecule has 57 heavy (non-hydrogen) atoms. The predicted molar refractivity (Wildman–Crippen MR) is 210 cm³/mol. The summed E-state index contributed by atoms with van der Waals surface area (Å²) in [6.45, 7) is 5.41. The Kier molecular flexibility index (Phi) is 12.1. The van der Waals surface area contributed by atoms with Crippen LogP contribution in [-0.2, 0) is 42.1 Å². The second kappa shape index (κ2) is 17.2. The van der Waals surface area contributed by atoms with Crippen LogP contribution in [0.5, 0.6) is 5.75 Å². The van der Waals surface area contributed by atoms with Crippen LogP contribution in [0.3, 0.4) is 0 Å². The summed E-state index contributed by atoms with van der Waals surface area (Å²) in [7, 11) is -3.05. The largest absolute Gasteiger partial charge is 0.495 e. The lowest BCUT2D eigenvalue weighted by Crippen LogP contribution is -2.56. The van der Waals surface area contributed by atoms with Crippen molar-refractivity contribution in [1.29, 1.82) is 0 Å². The van der Waals surface area contributed by atoms with Crippen molar-refractivity contribution in [2.45, 2.75) is 118 Å². The van der Waals surface area contributed by atoms with Gasteiger partial charge in [0.15, 0.2) is 0 Å². The summed E-state index contributed by atoms with van der Waals surface area (Å²) in [6, 6.07) is 12.4. The Balaban J connectivity index is 1.14. The topological polar surface area (TPSA) is 173 Å². The fraction of sp³-hybridized carbons (Fsp3) is 0.524. The van der Waals surface area contributed by atoms with E-state index in [9.17, 15) is 27.6 Å². The SMILES string of the molecule is C=C1[C@@H](NC(=O)OC2CCCC2)CCCCC/C=C\[C@@H]2C[C@@]2(C(=O)NS(=O)(=O)c2ccccc2OC)NC(=O)[C@@H]2C[C@@H](OC(=O)N3CCc4ccccc4C3)CN12. The summed E-state index contributed by atoms with van der Waals surface area (Å²) in [6.07, 6.45) is 10.2. The lowest BCUT2D eigenvalue weighted by Gasteiger charge is -2.33. The third-order valence-corrected chi connectivity index (χ3v) is 13.3. The fourth-order valence-corrected chi connectivity index (χ4v) is 9.83. The minimum atomic E-state index is -4.39. The average molecular weight is 804 g/mol. The number of ether oxygens (including phenoxy) is 3. The maximum Gasteiger partial charge on any atom is 0.410 e. The third kappa shape index (κ3) is 9.08. The molecule has 2 aromatic rings. The molecule has 3 fully saturated rings. The summed E-state index contributed by atoms with van der Waals surface area (Å²) < 4.78 is 46.4. The molecule has 5 aliphatic rings. The second-order valence-electron chi connectivity index (χ2n) is 15.8. The number of alkyl carbamates (subject to hydrolysis) is 1. The van der Waals surface area contributed by atoms with E-state index in [1.54, 1.807) is 15.9 Å². The van der Waals surface area contributed by atoms with Crippen molar-refractivity contribution in [2.75, 3.05) is 20.2 Å². The van der Waals surface area contributed by atoms with Crippen molar-refractivity contribution < 1.29 is 41.8 Å². The number of nitrogens with one attached hydrogen (secondary N) is 3. The van der Waals surface area contributed by atoms with Crippen molar-refractivity contribution in [2.24, 2.45) is 5.92 Å². The molecule has 2 aromatic carbocycles. The summed E-state index contributed by atoms with van der Waals surface area (Å²) in [5, 5.41) is 5.96. The number of nitrogens with zero attached hydrogens (tertiary/aromatic N) is 2. The number of methoxy groups -OCH3 is 1. The molecule has 15 heteroatoms. The molecule has 0 radical (unpaired) electrons. The number of hydrogen-bond acceptors (Lipinski definition) is 10. The molecule has 0 unspecified atom stereocenters. The highest BCUT2D eigenvalue weighted by molar-refractivity contribution is 7.90. The smallest absolute Gasteiger partial charge is 0.410 e. The molecule has 306 valence electrons. The minimum absolute atomic E-state index is 0.0680. The molecule has 2 aliphatic carbocycles. The molecule has 2 saturated carbocycles. The van der Waals surface area contributed by atoms with Gasteiger partial charge in [-0.1, -0.05) is 68.0 Å². The highest BCUT2D eigenvalue weighted by Crippen LogP contribution is 2.46. The second-order valence-corrected chi connectivity index (χ2v) is 17.4. The van der Waals surface area contributed by atoms with E-state index in [2.05, 4.69) is 28.0 Å². The van der Waals surface area contributed by atoms with E-state index in [0.717, 1.165) is 56.9 Å². The van der Waals surface area contributed by atoms with Crippen molar-refractivity contribution in [3.05, 3.63) is 84.1 Å². The van der Waals surface area contributed by atoms with Gasteiger partial charge in [0.25, 0.3) is 15.9 Å². The van der Waals surface area contributed by atoms with E-state index in [1.165, 1.54) is 30.9 Å². The van der Waals surface area contributed by atoms with Gasteiger partial charge in [-0.2, -0.15) is 0 Å². The fourth-order valence-electron chi connectivity index (χ4n) is 8.62. The van der Waals surface area contributed by atoms with Gasteiger partial charge < -0.3 is 34.6 Å². The van der Waals surface area contributed by atoms with Crippen LogP contribution in [0, 0.1) is 5.92 Å². The number of benzene rings is 2. The van der Waals surface area contributed by atoms with Crippen LogP contribution in [0.4, 0.5) is 9.59 Å². The van der Waals surface area contributed by atoms with Crippen molar-refractivity contribution in [3.63, 3.8) is 0 Å². The maximum absolute atomic E-state index is 14.6. The number of carbonyl (C=O) groups is 4. The third-order valence-electron chi connectivity index (χ3n) is 11.9. The van der Waals surface area contributed by atoms with Gasteiger partial charge in [-0.3, -0.25) is 9.59 Å². The number of allylic oxidation sites excluding steroid dienone is 1. The molecule has 5 atom stereocenters. The molecule has 0 aromatic heterocycles. The summed E-state index contributed by atoms with van der Waals surface area (Å²) >= 11 is 0. The number of fused-ring (bicyclic) bond motifs is 3. The van der Waals surface area contributed by atoms with Crippen LogP contribution in [0.25, 0.3) is 0 Å². The first-order chi connectivity index (χ1) is 27.5. The lowest BCUT2D eigenvalue weighted by molar-refractivity contribution is -0.131. The van der Waals surface area contributed by atoms with Crippen LogP contribution in [-0.4, -0.2) is 92.2 Å². The van der Waals surface area contributed by atoms with Crippen LogP contribution in [0.1, 0.15) is 81.8 Å². The number of hydrogen-bond donors (Lipinski definition) is 3. The van der Waals surface area contributed by atoms with Gasteiger partial charge in [0.1, 0.15) is 34.4 Å². The van der Waals surface area contributed by atoms with E-state index >= 15 is 0 Å². The average Bonchev–Trinajstić information content (AvgIpc) is 3.46. The van der Waals surface area contributed by atoms with Gasteiger partial charge >= 0.3 is 12.2 Å². The van der Waals surface area contributed by atoms with E-state index < -0.39 is 63.7 Å². The Hall–Kier alpha value is -5.05. The first-order valence-electron chi connectivity index (χ1n) is 20.1. The van der Waals surface area contributed by atoms with E-state index in [1.807, 2.05) is 30.4 Å². The zero-order chi connectivity index (χ0) is 40.2. The standard InChI is InChI=1S/C42H53N5O9S/c1-28-34(43-40(50)55-32-17-10-11-18-32)19-7-5-3-4-6-16-31-25-42(31,39(49)45-57(52,53)37-21-13-12-20-36(37)54-2)44-38(48)35-24-33(27-47(28)35)56-41(51)46-23-22-29-14-8-9-15-30(29)26-46/h6,8-9,12-16,20-21,31-35H,1,3-5,7,10-11,17-19,22-27H2,2H3,(H,43,50)(H,44,48)(H,45,49)/b16-6-/t31-,33-,34+,35+,42-/m1/s1. The molecule has 3 aliphatic heterocycles. The molecule has 0 spiro atoms. The molecule has 3 N–H and O–H groups in total. The summed E-state index contributed by atoms with van der Waals surface area (Å²) in [4.78, 5) is 58.7.